The van der Waals surface area contributed by atoms with Crippen LogP contribution >= 0.6 is 0 Å². The topological polar surface area (TPSA) is 393 Å². The normalized spacial score (nSPS) is 44.9. The predicted octanol–water partition coefficient (Wildman–Crippen LogP) is -3.27. The molecule has 416 valence electrons. The Hall–Kier alpha value is -1.45. The minimum atomic E-state index is -1.98. The highest BCUT2D eigenvalue weighted by Gasteiger charge is 2.56. The summed E-state index contributed by atoms with van der Waals surface area (Å²) in [5.74, 6) is -0.807. The molecule has 0 aromatic heterocycles. The SMILES string of the molecule is CCCCCC(CCCCCCCCCC(=O)O)OC1OC(CO)C(O)C(O)C1OC1OC(C)C(OC2OC(C)C(OC3OC(C)C(O)C(O)C3O)C(OC3OC(CO)C(O)C(O)C3O)C2O)C(O)C1O. The molecule has 26 unspecified atom stereocenters. The van der Waals surface area contributed by atoms with Crippen molar-refractivity contribution in [1.82, 2.24) is 0 Å². The standard InChI is InChI=1S/C46H82O25/c1-5-6-12-15-23(16-13-10-8-7-9-11-14-17-26(49)50)65-46-41(32(56)29(53)25(19-48)67-46)71-43-36(60)33(57)38(21(3)63-43)68-45-37(61)40(70-44-35(59)31(55)28(52)24(18-47)66-44)39(22(4)64-45)69-42-34(58)30(54)27(51)20(2)62-42/h20-25,27-48,51-61H,5-19H2,1-4H3,(H,49,50). The first kappa shape index (κ1) is 60.4. The lowest BCUT2D eigenvalue weighted by molar-refractivity contribution is -0.400. The second kappa shape index (κ2) is 28.6. The fraction of sp³-hybridized carbons (Fsp3) is 0.978. The van der Waals surface area contributed by atoms with Crippen LogP contribution in [0.2, 0.25) is 0 Å². The average molecular weight is 1040 g/mol. The quantitative estimate of drug-likeness (QED) is 0.0378. The summed E-state index contributed by atoms with van der Waals surface area (Å²) >= 11 is 0. The Balaban J connectivity index is 1.28. The van der Waals surface area contributed by atoms with Crippen LogP contribution in [0, 0.1) is 0 Å². The maximum atomic E-state index is 11.9. The van der Waals surface area contributed by atoms with Gasteiger partial charge in [-0.1, -0.05) is 64.7 Å². The largest absolute Gasteiger partial charge is 0.481 e. The Morgan fingerprint density at radius 2 is 0.831 bits per heavy atom. The maximum absolute atomic E-state index is 11.9. The number of carboxylic acids is 1. The Kier molecular flexibility index (Phi) is 24.3. The Morgan fingerprint density at radius 1 is 0.423 bits per heavy atom. The minimum Gasteiger partial charge on any atom is -0.481 e. The van der Waals surface area contributed by atoms with Crippen LogP contribution in [0.5, 0.6) is 0 Å². The van der Waals surface area contributed by atoms with E-state index in [0.717, 1.165) is 57.8 Å². The summed E-state index contributed by atoms with van der Waals surface area (Å²) in [6, 6.07) is 0. The summed E-state index contributed by atoms with van der Waals surface area (Å²) in [7, 11) is 0. The highest BCUT2D eigenvalue weighted by Crippen LogP contribution is 2.37. The first-order valence-electron chi connectivity index (χ1n) is 25.2. The fourth-order valence-corrected chi connectivity index (χ4v) is 9.61. The van der Waals surface area contributed by atoms with Crippen LogP contribution in [0.15, 0.2) is 0 Å². The van der Waals surface area contributed by atoms with E-state index in [1.807, 2.05) is 0 Å². The van der Waals surface area contributed by atoms with Crippen LogP contribution in [0.3, 0.4) is 0 Å². The molecule has 0 bridgehead atoms. The molecule has 25 nitrogen and oxygen atoms in total. The van der Waals surface area contributed by atoms with Gasteiger partial charge in [0.1, 0.15) is 104 Å². The molecule has 0 aliphatic carbocycles. The lowest BCUT2D eigenvalue weighted by Crippen LogP contribution is -2.67. The van der Waals surface area contributed by atoms with Crippen molar-refractivity contribution in [3.05, 3.63) is 0 Å². The van der Waals surface area contributed by atoms with Gasteiger partial charge >= 0.3 is 5.97 Å². The van der Waals surface area contributed by atoms with E-state index in [2.05, 4.69) is 6.92 Å². The van der Waals surface area contributed by atoms with E-state index >= 15 is 0 Å². The van der Waals surface area contributed by atoms with Crippen molar-refractivity contribution in [3.63, 3.8) is 0 Å². The summed E-state index contributed by atoms with van der Waals surface area (Å²) in [5.41, 5.74) is 0. The van der Waals surface area contributed by atoms with Gasteiger partial charge in [-0.3, -0.25) is 4.79 Å². The van der Waals surface area contributed by atoms with Crippen molar-refractivity contribution in [2.45, 2.75) is 271 Å². The van der Waals surface area contributed by atoms with Crippen LogP contribution in [0.1, 0.15) is 111 Å². The molecular formula is C46H82O25. The van der Waals surface area contributed by atoms with Gasteiger partial charge in [-0.05, 0) is 40.0 Å². The molecule has 5 aliphatic rings. The number of hydrogen-bond donors (Lipinski definition) is 14. The molecular weight excluding hydrogens is 952 g/mol. The van der Waals surface area contributed by atoms with Crippen molar-refractivity contribution in [3.8, 4) is 0 Å². The number of hydrogen-bond acceptors (Lipinski definition) is 24. The van der Waals surface area contributed by atoms with E-state index < -0.39 is 179 Å². The van der Waals surface area contributed by atoms with Gasteiger partial charge < -0.3 is 119 Å². The zero-order valence-corrected chi connectivity index (χ0v) is 40.9. The Labute approximate surface area is 413 Å². The van der Waals surface area contributed by atoms with Crippen LogP contribution in [0.4, 0.5) is 0 Å². The Morgan fingerprint density at radius 3 is 1.41 bits per heavy atom. The van der Waals surface area contributed by atoms with E-state index in [-0.39, 0.29) is 6.42 Å². The number of aliphatic hydroxyl groups excluding tert-OH is 13. The first-order valence-corrected chi connectivity index (χ1v) is 25.2. The van der Waals surface area contributed by atoms with E-state index in [1.54, 1.807) is 0 Å². The van der Waals surface area contributed by atoms with Gasteiger partial charge in [0.2, 0.25) is 0 Å². The lowest BCUT2D eigenvalue weighted by atomic mass is 9.95. The maximum Gasteiger partial charge on any atom is 0.303 e. The molecule has 0 aromatic carbocycles. The Bertz CT molecular complexity index is 1540. The number of aliphatic hydroxyl groups is 13. The molecule has 5 aliphatic heterocycles. The van der Waals surface area contributed by atoms with E-state index in [0.29, 0.717) is 19.3 Å². The van der Waals surface area contributed by atoms with Crippen LogP contribution in [0.25, 0.3) is 0 Å². The number of unbranched alkanes of at least 4 members (excludes halogenated alkanes) is 8. The summed E-state index contributed by atoms with van der Waals surface area (Å²) in [5, 5.41) is 149. The van der Waals surface area contributed by atoms with Gasteiger partial charge in [-0.2, -0.15) is 0 Å². The molecule has 5 heterocycles. The third kappa shape index (κ3) is 15.6. The van der Waals surface area contributed by atoms with Crippen LogP contribution < -0.4 is 0 Å². The smallest absolute Gasteiger partial charge is 0.303 e. The molecule has 0 radical (unpaired) electrons. The van der Waals surface area contributed by atoms with Crippen molar-refractivity contribution < 1.29 is 124 Å². The zero-order chi connectivity index (χ0) is 52.3. The van der Waals surface area contributed by atoms with Gasteiger partial charge in [-0.25, -0.2) is 0 Å². The molecule has 71 heavy (non-hydrogen) atoms. The minimum absolute atomic E-state index is 0.150. The number of rotatable bonds is 26. The number of aliphatic carboxylic acids is 1. The monoisotopic (exact) mass is 1030 g/mol. The summed E-state index contributed by atoms with van der Waals surface area (Å²) in [6.07, 6.45) is -31.0. The van der Waals surface area contributed by atoms with Crippen LogP contribution in [-0.2, 0) is 52.2 Å². The van der Waals surface area contributed by atoms with Crippen molar-refractivity contribution in [2.75, 3.05) is 13.2 Å². The third-order valence-corrected chi connectivity index (χ3v) is 14.0. The highest BCUT2D eigenvalue weighted by atomic mass is 16.8. The third-order valence-electron chi connectivity index (χ3n) is 14.0. The zero-order valence-electron chi connectivity index (χ0n) is 40.9. The van der Waals surface area contributed by atoms with Gasteiger partial charge in [0.15, 0.2) is 31.5 Å². The van der Waals surface area contributed by atoms with Gasteiger partial charge in [0.25, 0.3) is 0 Å². The average Bonchev–Trinajstić information content (AvgIpc) is 3.34. The molecule has 0 saturated carbocycles. The summed E-state index contributed by atoms with van der Waals surface area (Å²) in [4.78, 5) is 10.8. The molecule has 26 atom stereocenters. The second-order valence-electron chi connectivity index (χ2n) is 19.5. The molecule has 5 fully saturated rings. The van der Waals surface area contributed by atoms with E-state index in [1.165, 1.54) is 20.8 Å². The van der Waals surface area contributed by atoms with Gasteiger partial charge in [-0.15, -0.1) is 0 Å². The number of ether oxygens (including phenoxy) is 10. The molecule has 0 amide bonds. The van der Waals surface area contributed by atoms with Crippen LogP contribution in [-0.4, -0.2) is 250 Å². The summed E-state index contributed by atoms with van der Waals surface area (Å²) < 4.78 is 59.8. The number of carboxylic acid groups (broad SMARTS) is 1. The van der Waals surface area contributed by atoms with Gasteiger partial charge in [0, 0.05) is 6.42 Å². The van der Waals surface area contributed by atoms with Crippen molar-refractivity contribution in [1.29, 1.82) is 0 Å². The molecule has 14 N–H and O–H groups in total. The van der Waals surface area contributed by atoms with E-state index in [4.69, 9.17) is 52.5 Å². The summed E-state index contributed by atoms with van der Waals surface area (Å²) in [6.45, 7) is 4.83. The molecule has 0 spiro atoms. The molecule has 5 rings (SSSR count). The first-order chi connectivity index (χ1) is 33.7. The number of carbonyl (C=O) groups is 1. The highest BCUT2D eigenvalue weighted by molar-refractivity contribution is 5.66. The van der Waals surface area contributed by atoms with Crippen molar-refractivity contribution >= 4 is 5.97 Å². The molecule has 5 saturated heterocycles. The van der Waals surface area contributed by atoms with Crippen molar-refractivity contribution in [2.24, 2.45) is 0 Å². The molecule has 0 aromatic rings. The predicted molar refractivity (Wildman–Crippen MR) is 238 cm³/mol. The lowest BCUT2D eigenvalue weighted by Gasteiger charge is -2.50. The molecule has 25 heteroatoms. The van der Waals surface area contributed by atoms with E-state index in [9.17, 15) is 71.2 Å². The second-order valence-corrected chi connectivity index (χ2v) is 19.5. The fourth-order valence-electron chi connectivity index (χ4n) is 9.61. The van der Waals surface area contributed by atoms with Gasteiger partial charge in [0.05, 0.1) is 37.6 Å².